The van der Waals surface area contributed by atoms with Gasteiger partial charge >= 0.3 is 0 Å². The molecule has 0 amide bonds. The number of hydrogen-bond donors (Lipinski definition) is 0. The number of carbonyl (C=O) groups excluding carboxylic acids is 2. The molecule has 3 heteroatoms. The minimum absolute atomic E-state index is 0.106. The Labute approximate surface area is 77.3 Å². The van der Waals surface area contributed by atoms with Gasteiger partial charge in [-0.05, 0) is 26.2 Å². The fraction of sp³-hybridized carbons (Fsp3) is 0.778. The smallest absolute Gasteiger partial charge is 0.153 e. The van der Waals surface area contributed by atoms with Crippen molar-refractivity contribution in [3.8, 4) is 0 Å². The Hall–Kier alpha value is -0.370. The van der Waals surface area contributed by atoms with Gasteiger partial charge in [0.1, 0.15) is 10.7 Å². The maximum Gasteiger partial charge on any atom is 0.153 e. The van der Waals surface area contributed by atoms with E-state index in [0.717, 1.165) is 12.8 Å². The molecule has 1 saturated carbocycles. The van der Waals surface area contributed by atoms with Crippen LogP contribution < -0.4 is 0 Å². The Morgan fingerprint density at radius 3 is 2.75 bits per heavy atom. The SMILES string of the molecule is CC(=O)CCC1(Cl)CCCC1=O. The first kappa shape index (κ1) is 9.72. The summed E-state index contributed by atoms with van der Waals surface area (Å²) in [7, 11) is 0. The molecule has 1 aliphatic carbocycles. The van der Waals surface area contributed by atoms with E-state index in [9.17, 15) is 9.59 Å². The third-order valence-corrected chi connectivity index (χ3v) is 2.94. The number of alkyl halides is 1. The Bertz CT molecular complexity index is 213. The van der Waals surface area contributed by atoms with E-state index in [1.807, 2.05) is 0 Å². The molecule has 0 aromatic rings. The van der Waals surface area contributed by atoms with Gasteiger partial charge in [-0.2, -0.15) is 0 Å². The maximum atomic E-state index is 11.3. The van der Waals surface area contributed by atoms with Gasteiger partial charge in [-0.15, -0.1) is 11.6 Å². The van der Waals surface area contributed by atoms with Gasteiger partial charge < -0.3 is 4.79 Å². The van der Waals surface area contributed by atoms with Crippen molar-refractivity contribution in [3.63, 3.8) is 0 Å². The topological polar surface area (TPSA) is 34.1 Å². The van der Waals surface area contributed by atoms with Crippen molar-refractivity contribution in [2.75, 3.05) is 0 Å². The van der Waals surface area contributed by atoms with Crippen LogP contribution in [0, 0.1) is 0 Å². The average molecular weight is 189 g/mol. The molecule has 0 bridgehead atoms. The van der Waals surface area contributed by atoms with E-state index >= 15 is 0 Å². The van der Waals surface area contributed by atoms with Crippen molar-refractivity contribution in [2.24, 2.45) is 0 Å². The molecule has 0 aromatic heterocycles. The average Bonchev–Trinajstić information content (AvgIpc) is 2.30. The van der Waals surface area contributed by atoms with Crippen LogP contribution in [0.2, 0.25) is 0 Å². The fourth-order valence-corrected chi connectivity index (χ4v) is 1.85. The van der Waals surface area contributed by atoms with Crippen molar-refractivity contribution in [1.29, 1.82) is 0 Å². The van der Waals surface area contributed by atoms with Crippen LogP contribution in [-0.2, 0) is 9.59 Å². The molecule has 1 fully saturated rings. The Kier molecular flexibility index (Phi) is 2.89. The van der Waals surface area contributed by atoms with E-state index in [2.05, 4.69) is 0 Å². The number of ketones is 2. The van der Waals surface area contributed by atoms with Crippen LogP contribution in [0.15, 0.2) is 0 Å². The first-order valence-electron chi connectivity index (χ1n) is 4.26. The summed E-state index contributed by atoms with van der Waals surface area (Å²) < 4.78 is 0. The highest BCUT2D eigenvalue weighted by atomic mass is 35.5. The first-order valence-corrected chi connectivity index (χ1v) is 4.64. The number of Topliss-reactive ketones (excluding diaryl/α,β-unsaturated/α-hetero) is 2. The van der Waals surface area contributed by atoms with Gasteiger partial charge in [-0.1, -0.05) is 0 Å². The van der Waals surface area contributed by atoms with E-state index in [1.165, 1.54) is 6.92 Å². The molecule has 1 atom stereocenters. The predicted molar refractivity (Wildman–Crippen MR) is 47.4 cm³/mol. The molecular formula is C9H13ClO2. The molecule has 2 nitrogen and oxygen atoms in total. The van der Waals surface area contributed by atoms with Crippen molar-refractivity contribution in [1.82, 2.24) is 0 Å². The summed E-state index contributed by atoms with van der Waals surface area (Å²) in [6, 6.07) is 0. The van der Waals surface area contributed by atoms with E-state index in [4.69, 9.17) is 11.6 Å². The lowest BCUT2D eigenvalue weighted by molar-refractivity contribution is -0.120. The normalized spacial score (nSPS) is 29.3. The van der Waals surface area contributed by atoms with Gasteiger partial charge in [0.25, 0.3) is 0 Å². The quantitative estimate of drug-likeness (QED) is 0.636. The van der Waals surface area contributed by atoms with Crippen LogP contribution in [-0.4, -0.2) is 16.4 Å². The molecule has 0 aromatic carbocycles. The van der Waals surface area contributed by atoms with Crippen LogP contribution in [0.3, 0.4) is 0 Å². The number of hydrogen-bond acceptors (Lipinski definition) is 2. The molecule has 0 heterocycles. The van der Waals surface area contributed by atoms with Gasteiger partial charge in [-0.3, -0.25) is 4.79 Å². The monoisotopic (exact) mass is 188 g/mol. The Morgan fingerprint density at radius 2 is 2.33 bits per heavy atom. The van der Waals surface area contributed by atoms with Gasteiger partial charge in [0.2, 0.25) is 0 Å². The summed E-state index contributed by atoms with van der Waals surface area (Å²) in [5.74, 6) is 0.222. The second-order valence-electron chi connectivity index (χ2n) is 3.44. The molecule has 0 spiro atoms. The molecule has 0 aliphatic heterocycles. The van der Waals surface area contributed by atoms with Crippen LogP contribution in [0.5, 0.6) is 0 Å². The summed E-state index contributed by atoms with van der Waals surface area (Å²) in [4.78, 5) is 21.2. The van der Waals surface area contributed by atoms with Crippen LogP contribution in [0.1, 0.15) is 39.0 Å². The highest BCUT2D eigenvalue weighted by molar-refractivity contribution is 6.36. The molecular weight excluding hydrogens is 176 g/mol. The van der Waals surface area contributed by atoms with Crippen LogP contribution in [0.4, 0.5) is 0 Å². The molecule has 0 saturated heterocycles. The maximum absolute atomic E-state index is 11.3. The van der Waals surface area contributed by atoms with E-state index in [0.29, 0.717) is 19.3 Å². The highest BCUT2D eigenvalue weighted by Crippen LogP contribution is 2.36. The summed E-state index contributed by atoms with van der Waals surface area (Å²) in [5.41, 5.74) is 0. The largest absolute Gasteiger partial charge is 0.300 e. The Morgan fingerprint density at radius 1 is 1.67 bits per heavy atom. The molecule has 1 aliphatic rings. The van der Waals surface area contributed by atoms with Crippen molar-refractivity contribution in [3.05, 3.63) is 0 Å². The van der Waals surface area contributed by atoms with E-state index in [-0.39, 0.29) is 11.6 Å². The van der Waals surface area contributed by atoms with E-state index in [1.54, 1.807) is 0 Å². The molecule has 68 valence electrons. The number of halogens is 1. The molecule has 1 rings (SSSR count). The zero-order chi connectivity index (χ0) is 9.19. The van der Waals surface area contributed by atoms with Gasteiger partial charge in [0.15, 0.2) is 5.78 Å². The van der Waals surface area contributed by atoms with Gasteiger partial charge in [0.05, 0.1) is 0 Å². The lowest BCUT2D eigenvalue weighted by Gasteiger charge is -2.17. The minimum atomic E-state index is -0.703. The fourth-order valence-electron chi connectivity index (χ4n) is 1.53. The standard InChI is InChI=1S/C9H13ClO2/c1-7(11)4-6-9(10)5-2-3-8(9)12/h2-6H2,1H3. The van der Waals surface area contributed by atoms with Crippen molar-refractivity contribution >= 4 is 23.2 Å². The summed E-state index contributed by atoms with van der Waals surface area (Å²) in [5, 5.41) is 0. The number of carbonyl (C=O) groups is 2. The predicted octanol–water partition coefficient (Wildman–Crippen LogP) is 2.09. The lowest BCUT2D eigenvalue weighted by Crippen LogP contribution is -2.27. The number of rotatable bonds is 3. The summed E-state index contributed by atoms with van der Waals surface area (Å²) in [6.45, 7) is 1.53. The van der Waals surface area contributed by atoms with Crippen LogP contribution in [0.25, 0.3) is 0 Å². The molecule has 12 heavy (non-hydrogen) atoms. The second-order valence-corrected chi connectivity index (χ2v) is 4.17. The minimum Gasteiger partial charge on any atom is -0.300 e. The first-order chi connectivity index (χ1) is 5.54. The lowest BCUT2D eigenvalue weighted by atomic mass is 9.98. The van der Waals surface area contributed by atoms with Gasteiger partial charge in [0, 0.05) is 12.8 Å². The summed E-state index contributed by atoms with van der Waals surface area (Å²) >= 11 is 6.06. The van der Waals surface area contributed by atoms with E-state index < -0.39 is 4.87 Å². The second kappa shape index (κ2) is 3.56. The Balaban J connectivity index is 2.48. The summed E-state index contributed by atoms with van der Waals surface area (Å²) in [6.07, 6.45) is 3.14. The molecule has 0 radical (unpaired) electrons. The van der Waals surface area contributed by atoms with Crippen LogP contribution >= 0.6 is 11.6 Å². The zero-order valence-electron chi connectivity index (χ0n) is 7.23. The third-order valence-electron chi connectivity index (χ3n) is 2.35. The molecule has 1 unspecified atom stereocenters. The molecule has 0 N–H and O–H groups in total. The third kappa shape index (κ3) is 2.07. The van der Waals surface area contributed by atoms with Crippen molar-refractivity contribution in [2.45, 2.75) is 43.9 Å². The van der Waals surface area contributed by atoms with Gasteiger partial charge in [-0.25, -0.2) is 0 Å². The van der Waals surface area contributed by atoms with Crippen molar-refractivity contribution < 1.29 is 9.59 Å². The highest BCUT2D eigenvalue weighted by Gasteiger charge is 2.39. The zero-order valence-corrected chi connectivity index (χ0v) is 7.99.